The van der Waals surface area contributed by atoms with Gasteiger partial charge in [0.15, 0.2) is 0 Å². The first-order valence-corrected chi connectivity index (χ1v) is 10.6. The molecule has 0 aliphatic carbocycles. The van der Waals surface area contributed by atoms with Crippen molar-refractivity contribution < 1.29 is 22.3 Å². The minimum Gasteiger partial charge on any atom is -0.458 e. The average molecular weight is 442 g/mol. The molecule has 0 N–H and O–H groups in total. The fourth-order valence-corrected chi connectivity index (χ4v) is 4.00. The Balaban J connectivity index is 1.74. The summed E-state index contributed by atoms with van der Waals surface area (Å²) in [7, 11) is -2.78. The number of esters is 1. The van der Waals surface area contributed by atoms with E-state index < -0.39 is 28.4 Å². The molecule has 0 aliphatic rings. The minimum absolute atomic E-state index is 0.145. The second kappa shape index (κ2) is 9.07. The molecule has 8 nitrogen and oxygen atoms in total. The van der Waals surface area contributed by atoms with Crippen molar-refractivity contribution in [1.82, 2.24) is 14.1 Å². The molecular formula is C21H19FN4O4S. The van der Waals surface area contributed by atoms with Crippen molar-refractivity contribution in [2.45, 2.75) is 18.4 Å². The number of nitriles is 1. The standard InChI is InChI=1S/C21H19FN4O4S/c1-15-19(12-23)20(26(24-15)17-6-4-3-5-7-17)14-30-21(27)13-25(2)31(28,29)18-10-8-16(22)9-11-18/h3-11H,13-14H2,1-2H3. The molecule has 0 spiro atoms. The van der Waals surface area contributed by atoms with E-state index in [1.807, 2.05) is 18.2 Å². The number of likely N-dealkylation sites (N-methyl/N-ethyl adjacent to an activating group) is 1. The highest BCUT2D eigenvalue weighted by Crippen LogP contribution is 2.19. The van der Waals surface area contributed by atoms with Crippen LogP contribution < -0.4 is 0 Å². The zero-order chi connectivity index (χ0) is 22.6. The van der Waals surface area contributed by atoms with Crippen LogP contribution in [0.5, 0.6) is 0 Å². The van der Waals surface area contributed by atoms with Crippen molar-refractivity contribution in [3.05, 3.63) is 77.4 Å². The lowest BCUT2D eigenvalue weighted by Crippen LogP contribution is -2.33. The topological polar surface area (TPSA) is 105 Å². The molecule has 0 atom stereocenters. The van der Waals surface area contributed by atoms with Crippen molar-refractivity contribution in [3.8, 4) is 11.8 Å². The van der Waals surface area contributed by atoms with E-state index in [0.29, 0.717) is 17.1 Å². The van der Waals surface area contributed by atoms with Gasteiger partial charge in [0, 0.05) is 7.05 Å². The fourth-order valence-electron chi connectivity index (χ4n) is 2.88. The molecule has 31 heavy (non-hydrogen) atoms. The normalized spacial score (nSPS) is 11.3. The Morgan fingerprint density at radius 2 is 1.84 bits per heavy atom. The Labute approximate surface area is 179 Å². The number of hydrogen-bond donors (Lipinski definition) is 0. The lowest BCUT2D eigenvalue weighted by Gasteiger charge is -2.16. The van der Waals surface area contributed by atoms with E-state index in [1.54, 1.807) is 19.1 Å². The summed E-state index contributed by atoms with van der Waals surface area (Å²) in [5.41, 5.74) is 1.83. The molecule has 1 aromatic heterocycles. The predicted octanol–water partition coefficient (Wildman–Crippen LogP) is 2.56. The fraction of sp³-hybridized carbons (Fsp3) is 0.190. The zero-order valence-electron chi connectivity index (χ0n) is 16.8. The van der Waals surface area contributed by atoms with Crippen molar-refractivity contribution in [3.63, 3.8) is 0 Å². The molecule has 0 fully saturated rings. The van der Waals surface area contributed by atoms with E-state index in [-0.39, 0.29) is 17.1 Å². The van der Waals surface area contributed by atoms with Crippen LogP contribution >= 0.6 is 0 Å². The van der Waals surface area contributed by atoms with Gasteiger partial charge in [-0.25, -0.2) is 17.5 Å². The number of carbonyl (C=O) groups is 1. The molecule has 0 bridgehead atoms. The van der Waals surface area contributed by atoms with Gasteiger partial charge in [-0.1, -0.05) is 18.2 Å². The molecule has 0 saturated heterocycles. The largest absolute Gasteiger partial charge is 0.458 e. The quantitative estimate of drug-likeness (QED) is 0.521. The third-order valence-electron chi connectivity index (χ3n) is 4.51. The Kier molecular flexibility index (Phi) is 6.48. The third-order valence-corrected chi connectivity index (χ3v) is 6.33. The van der Waals surface area contributed by atoms with Gasteiger partial charge < -0.3 is 4.74 Å². The summed E-state index contributed by atoms with van der Waals surface area (Å²) in [6, 6.07) is 15.4. The van der Waals surface area contributed by atoms with E-state index in [1.165, 1.54) is 11.7 Å². The molecule has 0 amide bonds. The van der Waals surface area contributed by atoms with Crippen LogP contribution in [-0.4, -0.2) is 42.1 Å². The molecule has 160 valence electrons. The summed E-state index contributed by atoms with van der Waals surface area (Å²) in [6.07, 6.45) is 0. The van der Waals surface area contributed by atoms with Gasteiger partial charge >= 0.3 is 5.97 Å². The number of hydrogen-bond acceptors (Lipinski definition) is 6. The first-order valence-electron chi connectivity index (χ1n) is 9.15. The van der Waals surface area contributed by atoms with Crippen LogP contribution in [0.15, 0.2) is 59.5 Å². The summed E-state index contributed by atoms with van der Waals surface area (Å²) in [4.78, 5) is 12.2. The summed E-state index contributed by atoms with van der Waals surface area (Å²) in [5.74, 6) is -1.38. The Morgan fingerprint density at radius 3 is 2.45 bits per heavy atom. The smallest absolute Gasteiger partial charge is 0.321 e. The minimum atomic E-state index is -4.00. The van der Waals surface area contributed by atoms with Crippen molar-refractivity contribution >= 4 is 16.0 Å². The van der Waals surface area contributed by atoms with Crippen LogP contribution in [0, 0.1) is 24.1 Å². The second-order valence-corrected chi connectivity index (χ2v) is 8.69. The van der Waals surface area contributed by atoms with Gasteiger partial charge in [-0.05, 0) is 43.3 Å². The highest BCUT2D eigenvalue weighted by molar-refractivity contribution is 7.89. The lowest BCUT2D eigenvalue weighted by molar-refractivity contribution is -0.145. The molecule has 0 saturated carbocycles. The van der Waals surface area contributed by atoms with E-state index >= 15 is 0 Å². The van der Waals surface area contributed by atoms with Gasteiger partial charge in [-0.2, -0.15) is 14.7 Å². The van der Waals surface area contributed by atoms with Crippen LogP contribution in [0.2, 0.25) is 0 Å². The van der Waals surface area contributed by atoms with Crippen LogP contribution in [0.3, 0.4) is 0 Å². The summed E-state index contributed by atoms with van der Waals surface area (Å²) < 4.78 is 45.7. The number of carbonyl (C=O) groups excluding carboxylic acids is 1. The SMILES string of the molecule is Cc1nn(-c2ccccc2)c(COC(=O)CN(C)S(=O)(=O)c2ccc(F)cc2)c1C#N. The maximum atomic E-state index is 13.1. The molecule has 3 aromatic rings. The van der Waals surface area contributed by atoms with Crippen molar-refractivity contribution in [2.24, 2.45) is 0 Å². The van der Waals surface area contributed by atoms with Gasteiger partial charge in [-0.3, -0.25) is 4.79 Å². The summed E-state index contributed by atoms with van der Waals surface area (Å²) in [6.45, 7) is 0.855. The van der Waals surface area contributed by atoms with Crippen LogP contribution in [-0.2, 0) is 26.2 Å². The molecule has 0 unspecified atom stereocenters. The first-order chi connectivity index (χ1) is 14.7. The maximum Gasteiger partial charge on any atom is 0.321 e. The van der Waals surface area contributed by atoms with Crippen LogP contribution in [0.1, 0.15) is 17.0 Å². The van der Waals surface area contributed by atoms with Crippen LogP contribution in [0.25, 0.3) is 5.69 Å². The number of para-hydroxylation sites is 1. The van der Waals surface area contributed by atoms with E-state index in [9.17, 15) is 22.9 Å². The predicted molar refractivity (Wildman–Crippen MR) is 109 cm³/mol. The number of ether oxygens (including phenoxy) is 1. The first kappa shape index (κ1) is 22.1. The van der Waals surface area contributed by atoms with E-state index in [0.717, 1.165) is 28.6 Å². The molecule has 0 radical (unpaired) electrons. The molecular weight excluding hydrogens is 423 g/mol. The highest BCUT2D eigenvalue weighted by atomic mass is 32.2. The number of halogens is 1. The van der Waals surface area contributed by atoms with Crippen molar-refractivity contribution in [2.75, 3.05) is 13.6 Å². The summed E-state index contributed by atoms with van der Waals surface area (Å²) in [5, 5.41) is 13.8. The summed E-state index contributed by atoms with van der Waals surface area (Å²) >= 11 is 0. The highest BCUT2D eigenvalue weighted by Gasteiger charge is 2.24. The lowest BCUT2D eigenvalue weighted by atomic mass is 10.2. The molecule has 2 aromatic carbocycles. The van der Waals surface area contributed by atoms with E-state index in [2.05, 4.69) is 11.2 Å². The molecule has 0 aliphatic heterocycles. The van der Waals surface area contributed by atoms with Crippen molar-refractivity contribution in [1.29, 1.82) is 5.26 Å². The van der Waals surface area contributed by atoms with Gasteiger partial charge in [0.05, 0.1) is 22.0 Å². The Morgan fingerprint density at radius 1 is 1.19 bits per heavy atom. The third kappa shape index (κ3) is 4.79. The molecule has 3 rings (SSSR count). The van der Waals surface area contributed by atoms with Gasteiger partial charge in [0.2, 0.25) is 10.0 Å². The number of sulfonamides is 1. The number of aromatic nitrogens is 2. The van der Waals surface area contributed by atoms with Crippen LogP contribution in [0.4, 0.5) is 4.39 Å². The number of rotatable bonds is 7. The number of aryl methyl sites for hydroxylation is 1. The van der Waals surface area contributed by atoms with E-state index in [4.69, 9.17) is 4.74 Å². The monoisotopic (exact) mass is 442 g/mol. The Bertz CT molecular complexity index is 1230. The molecule has 10 heteroatoms. The van der Waals surface area contributed by atoms with Gasteiger partial charge in [0.1, 0.15) is 30.6 Å². The van der Waals surface area contributed by atoms with Gasteiger partial charge in [-0.15, -0.1) is 0 Å². The zero-order valence-corrected chi connectivity index (χ0v) is 17.6. The average Bonchev–Trinajstić information content (AvgIpc) is 3.08. The maximum absolute atomic E-state index is 13.1. The molecule has 1 heterocycles. The number of benzene rings is 2. The second-order valence-electron chi connectivity index (χ2n) is 6.64. The number of nitrogens with zero attached hydrogens (tertiary/aromatic N) is 4. The Hall–Kier alpha value is -3.55. The van der Waals surface area contributed by atoms with Gasteiger partial charge in [0.25, 0.3) is 0 Å².